The molecular weight excluding hydrogens is 741 g/mol. The number of hydrogen-bond donors (Lipinski definition) is 0. The molecule has 0 saturated heterocycles. The van der Waals surface area contributed by atoms with E-state index in [1.54, 1.807) is 0 Å². The molecule has 0 aliphatic rings. The molecule has 286 valence electrons. The molecule has 61 heavy (non-hydrogen) atoms. The van der Waals surface area contributed by atoms with Gasteiger partial charge in [0, 0.05) is 44.2 Å². The van der Waals surface area contributed by atoms with Crippen LogP contribution in [0.4, 0.5) is 17.1 Å². The molecule has 0 amide bonds. The Morgan fingerprint density at radius 3 is 1.70 bits per heavy atom. The van der Waals surface area contributed by atoms with Gasteiger partial charge in [0.2, 0.25) is 0 Å². The highest BCUT2D eigenvalue weighted by molar-refractivity contribution is 6.23. The van der Waals surface area contributed by atoms with Gasteiger partial charge in [-0.2, -0.15) is 0 Å². The van der Waals surface area contributed by atoms with Crippen molar-refractivity contribution in [1.82, 2.24) is 4.57 Å². The molecule has 10 aromatic carbocycles. The molecular formula is C58H38N2O. The normalized spacial score (nSPS) is 11.6. The Kier molecular flexibility index (Phi) is 8.17. The third-order valence-electron chi connectivity index (χ3n) is 12.2. The molecule has 0 unspecified atom stereocenters. The Hall–Kier alpha value is -8.14. The fourth-order valence-electron chi connectivity index (χ4n) is 9.39. The highest BCUT2D eigenvalue weighted by Gasteiger charge is 2.21. The quantitative estimate of drug-likeness (QED) is 0.161. The van der Waals surface area contributed by atoms with Gasteiger partial charge in [-0.05, 0) is 105 Å². The molecule has 0 saturated carbocycles. The van der Waals surface area contributed by atoms with Crippen LogP contribution in [-0.2, 0) is 0 Å². The second kappa shape index (κ2) is 14.3. The fraction of sp³-hybridized carbons (Fsp3) is 0. The number of nitrogens with zero attached hydrogens (tertiary/aromatic N) is 2. The van der Waals surface area contributed by atoms with E-state index < -0.39 is 0 Å². The predicted octanol–water partition coefficient (Wildman–Crippen LogP) is 16.3. The highest BCUT2D eigenvalue weighted by Crippen LogP contribution is 2.46. The topological polar surface area (TPSA) is 21.3 Å². The zero-order valence-corrected chi connectivity index (χ0v) is 33.2. The lowest BCUT2D eigenvalue weighted by Gasteiger charge is -2.28. The van der Waals surface area contributed by atoms with E-state index in [1.807, 2.05) is 0 Å². The first-order valence-electron chi connectivity index (χ1n) is 20.8. The molecule has 12 aromatic rings. The van der Waals surface area contributed by atoms with Crippen LogP contribution in [0.2, 0.25) is 0 Å². The van der Waals surface area contributed by atoms with Crippen LogP contribution in [0, 0.1) is 0 Å². The average Bonchev–Trinajstić information content (AvgIpc) is 3.88. The molecule has 0 aliphatic carbocycles. The van der Waals surface area contributed by atoms with Crippen molar-refractivity contribution in [3.8, 4) is 39.1 Å². The summed E-state index contributed by atoms with van der Waals surface area (Å²) in [5.41, 5.74) is 15.5. The second-order valence-corrected chi connectivity index (χ2v) is 15.7. The smallest absolute Gasteiger partial charge is 0.136 e. The van der Waals surface area contributed by atoms with Gasteiger partial charge in [-0.15, -0.1) is 0 Å². The van der Waals surface area contributed by atoms with E-state index in [-0.39, 0.29) is 0 Å². The maximum Gasteiger partial charge on any atom is 0.136 e. The number of anilines is 3. The standard InChI is InChI=1S/C58H38N2O/c1-4-16-39(17-5-1)40-28-31-44(32-29-40)59(53-26-14-12-22-46(53)41-18-6-2-7-19-41)45-33-35-56-52(37-45)58-50-25-11-10-23-47(50)51(38-57(58)61-56)42-30-34-49-48-24-13-15-27-54(48)60(55(49)36-42)43-20-8-3-9-21-43/h1-38H. The van der Waals surface area contributed by atoms with Gasteiger partial charge in [0.15, 0.2) is 0 Å². The number of hydrogen-bond acceptors (Lipinski definition) is 2. The summed E-state index contributed by atoms with van der Waals surface area (Å²) in [6.45, 7) is 0. The van der Waals surface area contributed by atoms with E-state index >= 15 is 0 Å². The molecule has 0 spiro atoms. The van der Waals surface area contributed by atoms with E-state index in [1.165, 1.54) is 43.9 Å². The molecule has 12 rings (SSSR count). The van der Waals surface area contributed by atoms with Crippen molar-refractivity contribution < 1.29 is 4.42 Å². The molecule has 2 heterocycles. The number of furan rings is 1. The van der Waals surface area contributed by atoms with Crippen LogP contribution in [0.3, 0.4) is 0 Å². The first kappa shape index (κ1) is 34.9. The third kappa shape index (κ3) is 5.82. The van der Waals surface area contributed by atoms with Crippen molar-refractivity contribution in [2.75, 3.05) is 4.90 Å². The van der Waals surface area contributed by atoms with Gasteiger partial charge < -0.3 is 13.9 Å². The summed E-state index contributed by atoms with van der Waals surface area (Å²) in [6.07, 6.45) is 0. The van der Waals surface area contributed by atoms with Gasteiger partial charge in [0.05, 0.1) is 16.7 Å². The molecule has 3 heteroatoms. The number of rotatable bonds is 7. The first-order valence-corrected chi connectivity index (χ1v) is 20.8. The van der Waals surface area contributed by atoms with Crippen molar-refractivity contribution >= 4 is 71.6 Å². The zero-order valence-electron chi connectivity index (χ0n) is 33.2. The van der Waals surface area contributed by atoms with Crippen LogP contribution in [0.25, 0.3) is 93.6 Å². The van der Waals surface area contributed by atoms with Gasteiger partial charge in [-0.25, -0.2) is 0 Å². The Labute approximate surface area is 353 Å². The third-order valence-corrected chi connectivity index (χ3v) is 12.2. The van der Waals surface area contributed by atoms with Gasteiger partial charge in [-0.3, -0.25) is 0 Å². The summed E-state index contributed by atoms with van der Waals surface area (Å²) in [6, 6.07) is 82.7. The Morgan fingerprint density at radius 1 is 0.328 bits per heavy atom. The van der Waals surface area contributed by atoms with Crippen LogP contribution in [0.1, 0.15) is 0 Å². The Balaban J connectivity index is 1.05. The van der Waals surface area contributed by atoms with Crippen molar-refractivity contribution in [2.45, 2.75) is 0 Å². The van der Waals surface area contributed by atoms with Crippen LogP contribution < -0.4 is 4.90 Å². The molecule has 0 aliphatic heterocycles. The van der Waals surface area contributed by atoms with E-state index in [4.69, 9.17) is 4.42 Å². The van der Waals surface area contributed by atoms with E-state index in [0.29, 0.717) is 0 Å². The van der Waals surface area contributed by atoms with Crippen LogP contribution in [0.15, 0.2) is 235 Å². The minimum atomic E-state index is 0.858. The summed E-state index contributed by atoms with van der Waals surface area (Å²) >= 11 is 0. The van der Waals surface area contributed by atoms with Gasteiger partial charge in [-0.1, -0.05) is 164 Å². The largest absolute Gasteiger partial charge is 0.456 e. The molecule has 2 aromatic heterocycles. The maximum atomic E-state index is 6.83. The summed E-state index contributed by atoms with van der Waals surface area (Å²) in [5, 5.41) is 7.03. The number of aromatic nitrogens is 1. The van der Waals surface area contributed by atoms with Crippen molar-refractivity contribution in [3.05, 3.63) is 231 Å². The lowest BCUT2D eigenvalue weighted by Crippen LogP contribution is -2.11. The van der Waals surface area contributed by atoms with E-state index in [0.717, 1.165) is 66.8 Å². The number of para-hydroxylation sites is 3. The summed E-state index contributed by atoms with van der Waals surface area (Å²) in [5.74, 6) is 0. The summed E-state index contributed by atoms with van der Waals surface area (Å²) < 4.78 is 9.21. The Morgan fingerprint density at radius 2 is 0.918 bits per heavy atom. The predicted molar refractivity (Wildman–Crippen MR) is 257 cm³/mol. The lowest BCUT2D eigenvalue weighted by molar-refractivity contribution is 0.669. The summed E-state index contributed by atoms with van der Waals surface area (Å²) in [7, 11) is 0. The van der Waals surface area contributed by atoms with Gasteiger partial charge in [0.1, 0.15) is 11.2 Å². The SMILES string of the molecule is c1ccc(-c2ccc(N(c3ccc4oc5cc(-c6ccc7c8ccccc8n(-c8ccccc8)c7c6)c6ccccc6c5c4c3)c3ccccc3-c3ccccc3)cc2)cc1. The molecule has 0 radical (unpaired) electrons. The van der Waals surface area contributed by atoms with Crippen LogP contribution >= 0.6 is 0 Å². The minimum absolute atomic E-state index is 0.858. The van der Waals surface area contributed by atoms with Crippen molar-refractivity contribution in [1.29, 1.82) is 0 Å². The monoisotopic (exact) mass is 778 g/mol. The van der Waals surface area contributed by atoms with Crippen LogP contribution in [-0.4, -0.2) is 4.57 Å². The van der Waals surface area contributed by atoms with E-state index in [9.17, 15) is 0 Å². The minimum Gasteiger partial charge on any atom is -0.456 e. The molecule has 0 fully saturated rings. The molecule has 0 N–H and O–H groups in total. The first-order chi connectivity index (χ1) is 30.3. The Bertz CT molecular complexity index is 3570. The molecule has 0 atom stereocenters. The van der Waals surface area contributed by atoms with Crippen molar-refractivity contribution in [2.24, 2.45) is 0 Å². The maximum absolute atomic E-state index is 6.83. The molecule has 3 nitrogen and oxygen atoms in total. The molecule has 0 bridgehead atoms. The van der Waals surface area contributed by atoms with Gasteiger partial charge >= 0.3 is 0 Å². The fourth-order valence-corrected chi connectivity index (χ4v) is 9.39. The van der Waals surface area contributed by atoms with Crippen molar-refractivity contribution in [3.63, 3.8) is 0 Å². The number of benzene rings is 10. The highest BCUT2D eigenvalue weighted by atomic mass is 16.3. The second-order valence-electron chi connectivity index (χ2n) is 15.7. The van der Waals surface area contributed by atoms with Gasteiger partial charge in [0.25, 0.3) is 0 Å². The average molecular weight is 779 g/mol. The number of fused-ring (bicyclic) bond motifs is 8. The summed E-state index contributed by atoms with van der Waals surface area (Å²) in [4.78, 5) is 2.38. The van der Waals surface area contributed by atoms with E-state index in [2.05, 4.69) is 240 Å². The zero-order chi connectivity index (χ0) is 40.3. The lowest BCUT2D eigenvalue weighted by atomic mass is 9.94. The van der Waals surface area contributed by atoms with Crippen LogP contribution in [0.5, 0.6) is 0 Å².